The van der Waals surface area contributed by atoms with Gasteiger partial charge in [0.15, 0.2) is 5.58 Å². The number of benzene rings is 2. The molecule has 0 aliphatic rings. The van der Waals surface area contributed by atoms with Crippen LogP contribution in [0.1, 0.15) is 0 Å². The van der Waals surface area contributed by atoms with Gasteiger partial charge in [-0.2, -0.15) is 13.3 Å². The van der Waals surface area contributed by atoms with Gasteiger partial charge in [0.25, 0.3) is 10.0 Å². The first-order valence-corrected chi connectivity index (χ1v) is 8.42. The number of fused-ring (bicyclic) bond motifs is 1. The number of halogens is 4. The average Bonchev–Trinajstić information content (AvgIpc) is 2.98. The molecule has 0 N–H and O–H groups in total. The molecule has 0 unspecified atom stereocenters. The summed E-state index contributed by atoms with van der Waals surface area (Å²) < 4.78 is 68.3. The minimum Gasteiger partial charge on any atom is -0.354 e. The molecule has 1 aromatic heterocycles. The lowest BCUT2D eigenvalue weighted by Gasteiger charge is -2.21. The van der Waals surface area contributed by atoms with E-state index in [1.54, 1.807) is 0 Å². The number of nitrogens with zero attached hydrogens (tertiary/aromatic N) is 2. The summed E-state index contributed by atoms with van der Waals surface area (Å²) in [6.07, 6.45) is -5.30. The van der Waals surface area contributed by atoms with E-state index in [0.717, 1.165) is 12.1 Å². The maximum atomic E-state index is 12.8. The zero-order chi connectivity index (χ0) is 18.2. The summed E-state index contributed by atoms with van der Waals surface area (Å²) in [6.45, 7) is 0. The third kappa shape index (κ3) is 3.41. The third-order valence-corrected chi connectivity index (χ3v) is 4.92. The molecule has 0 saturated heterocycles. The molecule has 0 fully saturated rings. The summed E-state index contributed by atoms with van der Waals surface area (Å²) in [4.78, 5) is 3.30. The maximum Gasteiger partial charge on any atom is 0.545 e. The lowest BCUT2D eigenvalue weighted by molar-refractivity contribution is -0.322. The average molecular weight is 393 g/mol. The molecule has 0 amide bonds. The Morgan fingerprint density at radius 1 is 1.08 bits per heavy atom. The van der Waals surface area contributed by atoms with Crippen LogP contribution in [0.4, 0.5) is 19.0 Å². The van der Waals surface area contributed by atoms with Gasteiger partial charge in [-0.05, 0) is 24.3 Å². The Morgan fingerprint density at radius 3 is 2.40 bits per heavy atom. The second kappa shape index (κ2) is 6.21. The SMILES string of the molecule is O=S(=O)(c1ccccc1)N(OC(F)(F)F)c1noc2cccc(Cl)c12. The molecule has 0 bridgehead atoms. The highest BCUT2D eigenvalue weighted by molar-refractivity contribution is 7.92. The van der Waals surface area contributed by atoms with Gasteiger partial charge in [-0.25, -0.2) is 0 Å². The molecule has 0 radical (unpaired) electrons. The molecule has 3 rings (SSSR count). The Balaban J connectivity index is 2.22. The van der Waals surface area contributed by atoms with Crippen molar-refractivity contribution < 1.29 is 30.9 Å². The van der Waals surface area contributed by atoms with E-state index >= 15 is 0 Å². The van der Waals surface area contributed by atoms with Crippen molar-refractivity contribution in [3.8, 4) is 0 Å². The number of rotatable bonds is 4. The molecule has 11 heteroatoms. The topological polar surface area (TPSA) is 72.6 Å². The zero-order valence-corrected chi connectivity index (χ0v) is 13.6. The number of hydrogen-bond acceptors (Lipinski definition) is 5. The van der Waals surface area contributed by atoms with E-state index in [1.807, 2.05) is 0 Å². The molecule has 25 heavy (non-hydrogen) atoms. The lowest BCUT2D eigenvalue weighted by Crippen LogP contribution is -2.37. The van der Waals surface area contributed by atoms with Gasteiger partial charge in [-0.3, -0.25) is 0 Å². The van der Waals surface area contributed by atoms with Gasteiger partial charge in [0.2, 0.25) is 5.82 Å². The molecule has 132 valence electrons. The molecule has 2 aromatic carbocycles. The molecule has 3 aromatic rings. The van der Waals surface area contributed by atoms with Crippen molar-refractivity contribution in [2.24, 2.45) is 0 Å². The van der Waals surface area contributed by atoms with Crippen molar-refractivity contribution in [1.82, 2.24) is 5.16 Å². The van der Waals surface area contributed by atoms with Crippen LogP contribution in [-0.4, -0.2) is 19.9 Å². The summed E-state index contributed by atoms with van der Waals surface area (Å²) >= 11 is 5.96. The van der Waals surface area contributed by atoms with Gasteiger partial charge in [-0.15, -0.1) is 17.6 Å². The Morgan fingerprint density at radius 2 is 1.76 bits per heavy atom. The van der Waals surface area contributed by atoms with Crippen LogP contribution in [0.2, 0.25) is 5.02 Å². The summed E-state index contributed by atoms with van der Waals surface area (Å²) in [5.74, 6) is -0.734. The van der Waals surface area contributed by atoms with Gasteiger partial charge in [-0.1, -0.05) is 41.0 Å². The van der Waals surface area contributed by atoms with Crippen molar-refractivity contribution in [2.75, 3.05) is 4.47 Å². The summed E-state index contributed by atoms with van der Waals surface area (Å²) in [6, 6.07) is 10.7. The fourth-order valence-corrected chi connectivity index (χ4v) is 3.53. The van der Waals surface area contributed by atoms with Crippen LogP contribution in [0.5, 0.6) is 0 Å². The van der Waals surface area contributed by atoms with Gasteiger partial charge in [0.05, 0.1) is 15.3 Å². The Bertz CT molecular complexity index is 1010. The highest BCUT2D eigenvalue weighted by atomic mass is 35.5. The van der Waals surface area contributed by atoms with Crippen LogP contribution >= 0.6 is 11.6 Å². The number of alkyl halides is 3. The number of sulfonamides is 1. The van der Waals surface area contributed by atoms with Gasteiger partial charge in [0, 0.05) is 0 Å². The molecular weight excluding hydrogens is 385 g/mol. The lowest BCUT2D eigenvalue weighted by atomic mass is 10.2. The van der Waals surface area contributed by atoms with E-state index in [4.69, 9.17) is 16.1 Å². The van der Waals surface area contributed by atoms with Crippen molar-refractivity contribution in [3.63, 3.8) is 0 Å². The van der Waals surface area contributed by atoms with Gasteiger partial charge < -0.3 is 4.52 Å². The highest BCUT2D eigenvalue weighted by Gasteiger charge is 2.42. The van der Waals surface area contributed by atoms with Crippen LogP contribution in [0.3, 0.4) is 0 Å². The van der Waals surface area contributed by atoms with Crippen molar-refractivity contribution in [2.45, 2.75) is 11.3 Å². The predicted molar refractivity (Wildman–Crippen MR) is 82.3 cm³/mol. The van der Waals surface area contributed by atoms with E-state index in [0.29, 0.717) is 0 Å². The van der Waals surface area contributed by atoms with E-state index in [2.05, 4.69) is 9.99 Å². The number of anilines is 1. The first-order chi connectivity index (χ1) is 11.7. The quantitative estimate of drug-likeness (QED) is 0.624. The number of aromatic nitrogens is 1. The van der Waals surface area contributed by atoms with Crippen LogP contribution < -0.4 is 4.47 Å². The predicted octanol–water partition coefficient (Wildman–Crippen LogP) is 4.13. The Labute approximate surface area is 144 Å². The number of hydrogen-bond donors (Lipinski definition) is 0. The Hall–Kier alpha value is -2.30. The van der Waals surface area contributed by atoms with Crippen LogP contribution in [0, 0.1) is 0 Å². The molecule has 1 heterocycles. The first-order valence-electron chi connectivity index (χ1n) is 6.60. The molecule has 0 saturated carbocycles. The minimum absolute atomic E-state index is 0.00142. The van der Waals surface area contributed by atoms with Gasteiger partial charge in [0.1, 0.15) is 0 Å². The van der Waals surface area contributed by atoms with E-state index in [-0.39, 0.29) is 20.5 Å². The molecule has 0 atom stereocenters. The normalized spacial score (nSPS) is 12.5. The third-order valence-electron chi connectivity index (χ3n) is 3.05. The summed E-state index contributed by atoms with van der Waals surface area (Å²) in [7, 11) is -4.76. The summed E-state index contributed by atoms with van der Waals surface area (Å²) in [5.41, 5.74) is 0.00142. The zero-order valence-electron chi connectivity index (χ0n) is 12.1. The standard InChI is InChI=1S/C14H8ClF3N2O4S/c15-10-7-4-8-11-12(10)13(19-23-11)20(24-14(16,17)18)25(21,22)9-5-2-1-3-6-9/h1-8H. The van der Waals surface area contributed by atoms with Crippen LogP contribution in [0.25, 0.3) is 11.0 Å². The van der Waals surface area contributed by atoms with Crippen LogP contribution in [0.15, 0.2) is 57.9 Å². The van der Waals surface area contributed by atoms with Crippen molar-refractivity contribution in [1.29, 1.82) is 0 Å². The largest absolute Gasteiger partial charge is 0.545 e. The highest BCUT2D eigenvalue weighted by Crippen LogP contribution is 2.37. The maximum absolute atomic E-state index is 12.8. The molecule has 0 spiro atoms. The van der Waals surface area contributed by atoms with Crippen LogP contribution in [-0.2, 0) is 14.9 Å². The molecule has 0 aliphatic heterocycles. The fourth-order valence-electron chi connectivity index (χ4n) is 2.05. The van der Waals surface area contributed by atoms with E-state index in [9.17, 15) is 21.6 Å². The van der Waals surface area contributed by atoms with Crippen molar-refractivity contribution in [3.05, 3.63) is 53.6 Å². The second-order valence-electron chi connectivity index (χ2n) is 4.70. The summed E-state index contributed by atoms with van der Waals surface area (Å²) in [5, 5.41) is 3.21. The Kier molecular flexibility index (Phi) is 4.35. The minimum atomic E-state index is -5.30. The van der Waals surface area contributed by atoms with Gasteiger partial charge >= 0.3 is 6.36 Å². The molecular formula is C14H8ClF3N2O4S. The monoisotopic (exact) mass is 392 g/mol. The van der Waals surface area contributed by atoms with E-state index in [1.165, 1.54) is 36.4 Å². The van der Waals surface area contributed by atoms with Crippen molar-refractivity contribution >= 4 is 38.4 Å². The molecule has 0 aliphatic carbocycles. The smallest absolute Gasteiger partial charge is 0.354 e. The second-order valence-corrected chi connectivity index (χ2v) is 6.86. The molecule has 6 nitrogen and oxygen atoms in total. The van der Waals surface area contributed by atoms with E-state index < -0.39 is 27.1 Å². The fraction of sp³-hybridized carbons (Fsp3) is 0.0714. The first kappa shape index (κ1) is 17.5.